The largest absolute Gasteiger partial charge is 0.352 e. The Bertz CT molecular complexity index is 533. The van der Waals surface area contributed by atoms with Crippen LogP contribution in [0.15, 0.2) is 17.2 Å². The van der Waals surface area contributed by atoms with Crippen LogP contribution >= 0.6 is 11.6 Å². The highest BCUT2D eigenvalue weighted by molar-refractivity contribution is 7.89. The van der Waals surface area contributed by atoms with Gasteiger partial charge in [-0.05, 0) is 12.6 Å². The van der Waals surface area contributed by atoms with Crippen molar-refractivity contribution in [2.24, 2.45) is 7.05 Å². The molecule has 0 amide bonds. The second-order valence-electron chi connectivity index (χ2n) is 4.75. The normalized spacial score (nSPS) is 18.9. The van der Waals surface area contributed by atoms with Crippen molar-refractivity contribution < 1.29 is 8.42 Å². The summed E-state index contributed by atoms with van der Waals surface area (Å²) in [5.41, 5.74) is 0.812. The molecule has 19 heavy (non-hydrogen) atoms. The maximum Gasteiger partial charge on any atom is 0.244 e. The molecule has 1 aliphatic rings. The number of hydrogen-bond donors (Lipinski definition) is 0. The molecule has 0 atom stereocenters. The standard InChI is InChI=1S/C12H20ClN3O2S/c1-3-15-4-6-16(7-5-15)19(17,18)12-8-11(9-13)14(2)10-12/h8,10H,3-7,9H2,1-2H3. The van der Waals surface area contributed by atoms with Crippen LogP contribution in [0, 0.1) is 0 Å². The topological polar surface area (TPSA) is 45.6 Å². The van der Waals surface area contributed by atoms with E-state index >= 15 is 0 Å². The van der Waals surface area contributed by atoms with Crippen molar-refractivity contribution in [1.82, 2.24) is 13.8 Å². The summed E-state index contributed by atoms with van der Waals surface area (Å²) >= 11 is 5.78. The van der Waals surface area contributed by atoms with Crippen molar-refractivity contribution in [2.45, 2.75) is 17.7 Å². The van der Waals surface area contributed by atoms with Crippen LogP contribution in [0.3, 0.4) is 0 Å². The first kappa shape index (κ1) is 14.8. The minimum atomic E-state index is -3.38. The van der Waals surface area contributed by atoms with Gasteiger partial charge in [-0.1, -0.05) is 6.92 Å². The van der Waals surface area contributed by atoms with E-state index in [9.17, 15) is 8.42 Å². The molecule has 0 aliphatic carbocycles. The highest BCUT2D eigenvalue weighted by atomic mass is 35.5. The fourth-order valence-electron chi connectivity index (χ4n) is 2.29. The predicted molar refractivity (Wildman–Crippen MR) is 75.8 cm³/mol. The number of likely N-dealkylation sites (N-methyl/N-ethyl adjacent to an activating group) is 1. The van der Waals surface area contributed by atoms with Gasteiger partial charge in [-0.25, -0.2) is 8.42 Å². The first-order valence-corrected chi connectivity index (χ1v) is 8.40. The molecule has 0 bridgehead atoms. The summed E-state index contributed by atoms with van der Waals surface area (Å²) < 4.78 is 28.4. The Kier molecular flexibility index (Phi) is 4.55. The summed E-state index contributed by atoms with van der Waals surface area (Å²) in [6, 6.07) is 1.66. The van der Waals surface area contributed by atoms with Gasteiger partial charge in [0.1, 0.15) is 4.90 Å². The molecule has 2 rings (SSSR count). The number of nitrogens with zero attached hydrogens (tertiary/aromatic N) is 3. The van der Waals surface area contributed by atoms with E-state index in [4.69, 9.17) is 11.6 Å². The third-order valence-electron chi connectivity index (χ3n) is 3.64. The molecule has 108 valence electrons. The Balaban J connectivity index is 2.18. The first-order valence-electron chi connectivity index (χ1n) is 6.42. The minimum absolute atomic E-state index is 0.315. The number of rotatable bonds is 4. The number of alkyl halides is 1. The summed E-state index contributed by atoms with van der Waals surface area (Å²) in [7, 11) is -1.57. The summed E-state index contributed by atoms with van der Waals surface area (Å²) in [6.45, 7) is 5.77. The fourth-order valence-corrected chi connectivity index (χ4v) is 4.07. The van der Waals surface area contributed by atoms with Crippen LogP contribution in [0.25, 0.3) is 0 Å². The smallest absolute Gasteiger partial charge is 0.244 e. The average molecular weight is 306 g/mol. The third kappa shape index (κ3) is 2.97. The van der Waals surface area contributed by atoms with E-state index in [1.165, 1.54) is 0 Å². The van der Waals surface area contributed by atoms with Crippen molar-refractivity contribution in [1.29, 1.82) is 0 Å². The summed E-state index contributed by atoms with van der Waals surface area (Å²) in [6.07, 6.45) is 1.64. The minimum Gasteiger partial charge on any atom is -0.352 e. The molecule has 1 saturated heterocycles. The highest BCUT2D eigenvalue weighted by Gasteiger charge is 2.29. The van der Waals surface area contributed by atoms with Crippen LogP contribution in [0.4, 0.5) is 0 Å². The Morgan fingerprint density at radius 3 is 2.37 bits per heavy atom. The van der Waals surface area contributed by atoms with E-state index in [1.54, 1.807) is 21.1 Å². The zero-order valence-corrected chi connectivity index (χ0v) is 12.9. The number of sulfonamides is 1. The van der Waals surface area contributed by atoms with Gasteiger partial charge in [0, 0.05) is 45.1 Å². The lowest BCUT2D eigenvalue weighted by molar-refractivity contribution is 0.196. The molecule has 1 aromatic heterocycles. The second kappa shape index (κ2) is 5.83. The van der Waals surface area contributed by atoms with Gasteiger partial charge in [0.05, 0.1) is 5.88 Å². The van der Waals surface area contributed by atoms with E-state index in [0.29, 0.717) is 23.9 Å². The number of piperazine rings is 1. The maximum absolute atomic E-state index is 12.5. The van der Waals surface area contributed by atoms with Crippen LogP contribution in [-0.2, 0) is 23.0 Å². The molecule has 2 heterocycles. The molecule has 0 spiro atoms. The van der Waals surface area contributed by atoms with E-state index in [-0.39, 0.29) is 0 Å². The third-order valence-corrected chi connectivity index (χ3v) is 5.77. The van der Waals surface area contributed by atoms with Crippen molar-refractivity contribution >= 4 is 21.6 Å². The second-order valence-corrected chi connectivity index (χ2v) is 6.96. The monoisotopic (exact) mass is 305 g/mol. The van der Waals surface area contributed by atoms with Gasteiger partial charge in [-0.2, -0.15) is 4.31 Å². The van der Waals surface area contributed by atoms with Crippen molar-refractivity contribution in [3.05, 3.63) is 18.0 Å². The molecule has 0 N–H and O–H groups in total. The first-order chi connectivity index (χ1) is 8.98. The van der Waals surface area contributed by atoms with Crippen LogP contribution in [-0.4, -0.2) is 54.9 Å². The number of halogens is 1. The van der Waals surface area contributed by atoms with Gasteiger partial charge in [0.25, 0.3) is 0 Å². The highest BCUT2D eigenvalue weighted by Crippen LogP contribution is 2.20. The number of aromatic nitrogens is 1. The van der Waals surface area contributed by atoms with Crippen LogP contribution in [0.2, 0.25) is 0 Å². The zero-order chi connectivity index (χ0) is 14.0. The summed E-state index contributed by atoms with van der Waals surface area (Å²) in [5, 5.41) is 0. The lowest BCUT2D eigenvalue weighted by Gasteiger charge is -2.32. The van der Waals surface area contributed by atoms with Gasteiger partial charge in [-0.3, -0.25) is 0 Å². The summed E-state index contributed by atoms with van der Waals surface area (Å²) in [5.74, 6) is 0.315. The van der Waals surface area contributed by atoms with Crippen LogP contribution in [0.5, 0.6) is 0 Å². The maximum atomic E-state index is 12.5. The van der Waals surface area contributed by atoms with Crippen molar-refractivity contribution in [3.63, 3.8) is 0 Å². The van der Waals surface area contributed by atoms with Gasteiger partial charge in [-0.15, -0.1) is 11.6 Å². The zero-order valence-electron chi connectivity index (χ0n) is 11.3. The molecule has 0 saturated carbocycles. The molecule has 5 nitrogen and oxygen atoms in total. The molecule has 1 aliphatic heterocycles. The molecular weight excluding hydrogens is 286 g/mol. The predicted octanol–water partition coefficient (Wildman–Crippen LogP) is 1.09. The lowest BCUT2D eigenvalue weighted by Crippen LogP contribution is -2.48. The Hall–Kier alpha value is -0.560. The van der Waals surface area contributed by atoms with E-state index in [0.717, 1.165) is 25.3 Å². The molecule has 0 unspecified atom stereocenters. The molecule has 7 heteroatoms. The van der Waals surface area contributed by atoms with Crippen LogP contribution in [0.1, 0.15) is 12.6 Å². The molecule has 1 fully saturated rings. The van der Waals surface area contributed by atoms with Gasteiger partial charge < -0.3 is 9.47 Å². The fraction of sp³-hybridized carbons (Fsp3) is 0.667. The van der Waals surface area contributed by atoms with E-state index in [1.807, 2.05) is 7.05 Å². The molecule has 0 aromatic carbocycles. The SMILES string of the molecule is CCN1CCN(S(=O)(=O)c2cc(CCl)n(C)c2)CC1. The lowest BCUT2D eigenvalue weighted by atomic mass is 10.4. The Morgan fingerprint density at radius 1 is 1.26 bits per heavy atom. The number of aryl methyl sites for hydroxylation is 1. The summed E-state index contributed by atoms with van der Waals surface area (Å²) in [4.78, 5) is 2.59. The molecule has 0 radical (unpaired) electrons. The average Bonchev–Trinajstić information content (AvgIpc) is 2.81. The van der Waals surface area contributed by atoms with Gasteiger partial charge >= 0.3 is 0 Å². The van der Waals surface area contributed by atoms with E-state index in [2.05, 4.69) is 11.8 Å². The van der Waals surface area contributed by atoms with Gasteiger partial charge in [0.15, 0.2) is 0 Å². The molecular formula is C12H20ClN3O2S. The van der Waals surface area contributed by atoms with Crippen LogP contribution < -0.4 is 0 Å². The quantitative estimate of drug-likeness (QED) is 0.782. The van der Waals surface area contributed by atoms with E-state index < -0.39 is 10.0 Å². The van der Waals surface area contributed by atoms with Crippen molar-refractivity contribution in [3.8, 4) is 0 Å². The van der Waals surface area contributed by atoms with Crippen molar-refractivity contribution in [2.75, 3.05) is 32.7 Å². The Morgan fingerprint density at radius 2 is 1.89 bits per heavy atom. The van der Waals surface area contributed by atoms with Gasteiger partial charge in [0.2, 0.25) is 10.0 Å². The number of hydrogen-bond acceptors (Lipinski definition) is 3. The molecule has 1 aromatic rings. The Labute approximate surface area is 119 Å².